The molecular weight excluding hydrogens is 283 g/mol. The van der Waals surface area contributed by atoms with Crippen molar-refractivity contribution in [1.29, 1.82) is 0 Å². The molecule has 1 aromatic rings. The molecule has 1 amide bonds. The monoisotopic (exact) mass is 300 g/mol. The fourth-order valence-corrected chi connectivity index (χ4v) is 3.02. The second-order valence-corrected chi connectivity index (χ2v) is 5.60. The van der Waals surface area contributed by atoms with Gasteiger partial charge in [-0.15, -0.1) is 0 Å². The van der Waals surface area contributed by atoms with E-state index in [4.69, 9.17) is 23.2 Å². The topological polar surface area (TPSA) is 32.3 Å². The molecule has 1 heterocycles. The minimum absolute atomic E-state index is 0.135. The highest BCUT2D eigenvalue weighted by Gasteiger charge is 2.23. The van der Waals surface area contributed by atoms with Crippen molar-refractivity contribution in [1.82, 2.24) is 10.2 Å². The summed E-state index contributed by atoms with van der Waals surface area (Å²) < 4.78 is 0. The maximum absolute atomic E-state index is 12.1. The fraction of sp³-hybridized carbons (Fsp3) is 0.500. The second kappa shape index (κ2) is 6.60. The van der Waals surface area contributed by atoms with Gasteiger partial charge in [-0.25, -0.2) is 0 Å². The lowest BCUT2D eigenvalue weighted by Gasteiger charge is -2.22. The van der Waals surface area contributed by atoms with Crippen molar-refractivity contribution < 1.29 is 4.79 Å². The number of amides is 1. The molecule has 0 aliphatic carbocycles. The molecule has 1 atom stereocenters. The third kappa shape index (κ3) is 3.62. The Morgan fingerprint density at radius 2 is 2.26 bits per heavy atom. The van der Waals surface area contributed by atoms with Crippen molar-refractivity contribution >= 4 is 29.1 Å². The summed E-state index contributed by atoms with van der Waals surface area (Å²) in [6.07, 6.45) is 2.35. The molecule has 0 saturated carbocycles. The molecule has 1 fully saturated rings. The largest absolute Gasteiger partial charge is 0.350 e. The van der Waals surface area contributed by atoms with E-state index in [1.54, 1.807) is 18.2 Å². The average molecular weight is 301 g/mol. The standard InChI is InChI=1S/C14H18Cl2N2O/c1-2-18-7-3-4-11(18)9-17-14(19)12-6-5-10(15)8-13(12)16/h5-6,8,11H,2-4,7,9H2,1H3,(H,17,19)/t11-/m1/s1. The van der Waals surface area contributed by atoms with Gasteiger partial charge in [0, 0.05) is 17.6 Å². The van der Waals surface area contributed by atoms with Crippen LogP contribution in [0, 0.1) is 0 Å². The number of nitrogens with zero attached hydrogens (tertiary/aromatic N) is 1. The third-order valence-electron chi connectivity index (χ3n) is 3.58. The Morgan fingerprint density at radius 1 is 1.47 bits per heavy atom. The highest BCUT2D eigenvalue weighted by Crippen LogP contribution is 2.21. The Bertz CT molecular complexity index is 465. The van der Waals surface area contributed by atoms with Crippen molar-refractivity contribution in [2.75, 3.05) is 19.6 Å². The molecule has 0 spiro atoms. The molecule has 19 heavy (non-hydrogen) atoms. The van der Waals surface area contributed by atoms with Gasteiger partial charge in [0.2, 0.25) is 0 Å². The van der Waals surface area contributed by atoms with E-state index < -0.39 is 0 Å². The first-order valence-electron chi connectivity index (χ1n) is 6.59. The zero-order valence-corrected chi connectivity index (χ0v) is 12.5. The van der Waals surface area contributed by atoms with Gasteiger partial charge in [0.25, 0.3) is 5.91 Å². The van der Waals surface area contributed by atoms with Crippen LogP contribution in [0.2, 0.25) is 10.0 Å². The van der Waals surface area contributed by atoms with Crippen LogP contribution < -0.4 is 5.32 Å². The summed E-state index contributed by atoms with van der Waals surface area (Å²) in [6, 6.07) is 5.37. The van der Waals surface area contributed by atoms with Crippen molar-refractivity contribution in [3.63, 3.8) is 0 Å². The number of carbonyl (C=O) groups is 1. The predicted molar refractivity (Wildman–Crippen MR) is 79.1 cm³/mol. The summed E-state index contributed by atoms with van der Waals surface area (Å²) in [5.41, 5.74) is 0.479. The van der Waals surface area contributed by atoms with Gasteiger partial charge in [-0.2, -0.15) is 0 Å². The minimum atomic E-state index is -0.135. The highest BCUT2D eigenvalue weighted by atomic mass is 35.5. The van der Waals surface area contributed by atoms with Crippen LogP contribution in [0.4, 0.5) is 0 Å². The summed E-state index contributed by atoms with van der Waals surface area (Å²) in [5.74, 6) is -0.135. The van der Waals surface area contributed by atoms with Gasteiger partial charge < -0.3 is 5.32 Å². The van der Waals surface area contributed by atoms with Crippen LogP contribution in [0.25, 0.3) is 0 Å². The van der Waals surface area contributed by atoms with Crippen LogP contribution >= 0.6 is 23.2 Å². The van der Waals surface area contributed by atoms with Gasteiger partial charge in [0.1, 0.15) is 0 Å². The smallest absolute Gasteiger partial charge is 0.252 e. The Morgan fingerprint density at radius 3 is 2.95 bits per heavy atom. The van der Waals surface area contributed by atoms with Gasteiger partial charge in [-0.3, -0.25) is 9.69 Å². The van der Waals surface area contributed by atoms with E-state index in [1.807, 2.05) is 0 Å². The number of benzene rings is 1. The molecule has 0 unspecified atom stereocenters. The summed E-state index contributed by atoms with van der Waals surface area (Å²) in [7, 11) is 0. The van der Waals surface area contributed by atoms with Crippen molar-refractivity contribution in [2.24, 2.45) is 0 Å². The summed E-state index contributed by atoms with van der Waals surface area (Å²) in [5, 5.41) is 3.89. The number of carbonyl (C=O) groups excluding carboxylic acids is 1. The van der Waals surface area contributed by atoms with Gasteiger partial charge in [-0.1, -0.05) is 30.1 Å². The van der Waals surface area contributed by atoms with E-state index >= 15 is 0 Å². The van der Waals surface area contributed by atoms with Crippen molar-refractivity contribution in [2.45, 2.75) is 25.8 Å². The molecule has 0 radical (unpaired) electrons. The number of likely N-dealkylation sites (N-methyl/N-ethyl adjacent to an activating group) is 1. The van der Waals surface area contributed by atoms with Crippen LogP contribution in [0.1, 0.15) is 30.1 Å². The molecule has 1 aliphatic rings. The van der Waals surface area contributed by atoms with Crippen LogP contribution in [-0.2, 0) is 0 Å². The van der Waals surface area contributed by atoms with Crippen LogP contribution in [0.5, 0.6) is 0 Å². The zero-order valence-electron chi connectivity index (χ0n) is 11.0. The summed E-state index contributed by atoms with van der Waals surface area (Å²) in [4.78, 5) is 14.5. The lowest BCUT2D eigenvalue weighted by molar-refractivity contribution is 0.0941. The van der Waals surface area contributed by atoms with Crippen molar-refractivity contribution in [3.8, 4) is 0 Å². The van der Waals surface area contributed by atoms with Crippen LogP contribution in [0.15, 0.2) is 18.2 Å². The van der Waals surface area contributed by atoms with E-state index in [9.17, 15) is 4.79 Å². The quantitative estimate of drug-likeness (QED) is 0.926. The number of hydrogen-bond acceptors (Lipinski definition) is 2. The molecule has 0 bridgehead atoms. The molecular formula is C14H18Cl2N2O. The first-order valence-corrected chi connectivity index (χ1v) is 7.34. The third-order valence-corrected chi connectivity index (χ3v) is 4.13. The van der Waals surface area contributed by atoms with E-state index in [2.05, 4.69) is 17.1 Å². The van der Waals surface area contributed by atoms with E-state index in [0.29, 0.717) is 28.2 Å². The normalized spacial score (nSPS) is 19.6. The molecule has 2 rings (SSSR count). The number of halogens is 2. The maximum atomic E-state index is 12.1. The van der Waals surface area contributed by atoms with Gasteiger partial charge in [-0.05, 0) is 44.1 Å². The lowest BCUT2D eigenvalue weighted by atomic mass is 10.2. The highest BCUT2D eigenvalue weighted by molar-refractivity contribution is 6.36. The SMILES string of the molecule is CCN1CCC[C@@H]1CNC(=O)c1ccc(Cl)cc1Cl. The number of nitrogens with one attached hydrogen (secondary N) is 1. The minimum Gasteiger partial charge on any atom is -0.350 e. The van der Waals surface area contributed by atoms with Crippen molar-refractivity contribution in [3.05, 3.63) is 33.8 Å². The predicted octanol–water partition coefficient (Wildman–Crippen LogP) is 3.21. The molecule has 5 heteroatoms. The molecule has 1 aliphatic heterocycles. The van der Waals surface area contributed by atoms with E-state index in [0.717, 1.165) is 19.5 Å². The Hall–Kier alpha value is -0.770. The average Bonchev–Trinajstić information content (AvgIpc) is 2.83. The maximum Gasteiger partial charge on any atom is 0.252 e. The fourth-order valence-electron chi connectivity index (χ4n) is 2.52. The van der Waals surface area contributed by atoms with Crippen LogP contribution in [-0.4, -0.2) is 36.5 Å². The summed E-state index contributed by atoms with van der Waals surface area (Å²) >= 11 is 11.8. The first kappa shape index (κ1) is 14.6. The second-order valence-electron chi connectivity index (χ2n) is 4.76. The Labute approximate surface area is 123 Å². The molecule has 0 aromatic heterocycles. The molecule has 1 aromatic carbocycles. The zero-order chi connectivity index (χ0) is 13.8. The molecule has 104 valence electrons. The van der Waals surface area contributed by atoms with E-state index in [1.165, 1.54) is 6.42 Å². The number of rotatable bonds is 4. The Kier molecular flexibility index (Phi) is 5.08. The van der Waals surface area contributed by atoms with Gasteiger partial charge >= 0.3 is 0 Å². The Balaban J connectivity index is 1.94. The molecule has 3 nitrogen and oxygen atoms in total. The number of likely N-dealkylation sites (tertiary alicyclic amines) is 1. The summed E-state index contributed by atoms with van der Waals surface area (Å²) in [6.45, 7) is 4.98. The van der Waals surface area contributed by atoms with Gasteiger partial charge in [0.05, 0.1) is 10.6 Å². The van der Waals surface area contributed by atoms with Gasteiger partial charge in [0.15, 0.2) is 0 Å². The van der Waals surface area contributed by atoms with Crippen LogP contribution in [0.3, 0.4) is 0 Å². The van der Waals surface area contributed by atoms with E-state index in [-0.39, 0.29) is 5.91 Å². The number of hydrogen-bond donors (Lipinski definition) is 1. The lowest BCUT2D eigenvalue weighted by Crippen LogP contribution is -2.40. The molecule has 1 N–H and O–H groups in total. The first-order chi connectivity index (χ1) is 9.11. The molecule has 1 saturated heterocycles.